The fourth-order valence-corrected chi connectivity index (χ4v) is 16.2. The van der Waals surface area contributed by atoms with E-state index in [0.29, 0.717) is 25.7 Å². The van der Waals surface area contributed by atoms with E-state index in [1.807, 2.05) is 6.92 Å². The Morgan fingerprint density at radius 1 is 0.613 bits per heavy atom. The van der Waals surface area contributed by atoms with Crippen molar-refractivity contribution in [2.75, 3.05) is 26.4 Å². The van der Waals surface area contributed by atoms with Crippen LogP contribution in [0.3, 0.4) is 0 Å². The van der Waals surface area contributed by atoms with Crippen molar-refractivity contribution in [2.45, 2.75) is 235 Å². The lowest BCUT2D eigenvalue weighted by atomic mass is 9.33. The molecule has 0 spiro atoms. The van der Waals surface area contributed by atoms with Gasteiger partial charge in [-0.25, -0.2) is 0 Å². The number of carbonyl (C=O) groups is 1. The van der Waals surface area contributed by atoms with Gasteiger partial charge in [-0.1, -0.05) is 53.2 Å². The second-order valence-electron chi connectivity index (χ2n) is 25.6. The van der Waals surface area contributed by atoms with E-state index < -0.39 is 153 Å². The molecule has 0 aromatic rings. The standard InChI is InChI=1S/C53H86O22/c1-23-32(57)36(61)40(65)44(69-23)74-42-38(63)34(59)27(20-55)71-46(42)72-28-21-68-43(39(64)35(28)60)73-31-11-12-49(4)29(50(31,5)22-56)10-13-52(7)30(49)9-8-24-25-18-48(2,3)14-16-53(25,17-15-51(24,52)6)47(67)75-45-41(66)37(62)33(58)26(19-54)70-45/h8,23,25-46,54-66H,9-22H2,1-7H3. The average Bonchev–Trinajstić information content (AvgIpc) is 3.39. The molecule has 0 aromatic heterocycles. The summed E-state index contributed by atoms with van der Waals surface area (Å²) < 4.78 is 47.5. The minimum Gasteiger partial charge on any atom is -0.432 e. The third-order valence-corrected chi connectivity index (χ3v) is 21.2. The van der Waals surface area contributed by atoms with Crippen molar-refractivity contribution < 1.29 is 109 Å². The van der Waals surface area contributed by atoms with E-state index in [2.05, 4.69) is 40.7 Å². The monoisotopic (exact) mass is 1070 g/mol. The summed E-state index contributed by atoms with van der Waals surface area (Å²) >= 11 is 0. The predicted octanol–water partition coefficient (Wildman–Crippen LogP) is -1.40. The molecule has 4 aliphatic heterocycles. The number of carbonyl (C=O) groups excluding carboxylic acids is 1. The maximum atomic E-state index is 14.7. The first kappa shape index (κ1) is 58.1. The van der Waals surface area contributed by atoms with Crippen molar-refractivity contribution in [1.29, 1.82) is 0 Å². The highest BCUT2D eigenvalue weighted by Crippen LogP contribution is 2.76. The smallest absolute Gasteiger partial charge is 0.315 e. The molecule has 0 amide bonds. The zero-order valence-electron chi connectivity index (χ0n) is 44.2. The zero-order valence-corrected chi connectivity index (χ0v) is 44.2. The summed E-state index contributed by atoms with van der Waals surface area (Å²) in [6, 6.07) is 0. The Hall–Kier alpha value is -1.59. The van der Waals surface area contributed by atoms with Crippen LogP contribution in [0.1, 0.15) is 113 Å². The van der Waals surface area contributed by atoms with Crippen molar-refractivity contribution in [1.82, 2.24) is 0 Å². The van der Waals surface area contributed by atoms with Crippen LogP contribution in [0.2, 0.25) is 0 Å². The van der Waals surface area contributed by atoms with Gasteiger partial charge < -0.3 is 104 Å². The average molecular weight is 1080 g/mol. The topological polar surface area (TPSA) is 354 Å². The van der Waals surface area contributed by atoms with Gasteiger partial charge in [-0.15, -0.1) is 0 Å². The van der Waals surface area contributed by atoms with Crippen molar-refractivity contribution in [2.24, 2.45) is 50.2 Å². The van der Waals surface area contributed by atoms with Crippen LogP contribution in [0.15, 0.2) is 11.6 Å². The molecular weight excluding hydrogens is 989 g/mol. The molecule has 4 saturated carbocycles. The number of allylic oxidation sites excluding steroid dienone is 2. The van der Waals surface area contributed by atoms with Gasteiger partial charge in [0.15, 0.2) is 18.9 Å². The number of hydrogen-bond acceptors (Lipinski definition) is 22. The lowest BCUT2D eigenvalue weighted by Crippen LogP contribution is -2.67. The first-order valence-corrected chi connectivity index (χ1v) is 27.3. The molecule has 430 valence electrons. The van der Waals surface area contributed by atoms with Gasteiger partial charge in [0.05, 0.1) is 44.1 Å². The third kappa shape index (κ3) is 9.40. The van der Waals surface area contributed by atoms with Crippen molar-refractivity contribution in [3.05, 3.63) is 11.6 Å². The maximum Gasteiger partial charge on any atom is 0.315 e. The highest BCUT2D eigenvalue weighted by Gasteiger charge is 2.71. The number of hydrogen-bond donors (Lipinski definition) is 13. The van der Waals surface area contributed by atoms with E-state index in [9.17, 15) is 71.2 Å². The van der Waals surface area contributed by atoms with Gasteiger partial charge in [-0.3, -0.25) is 4.79 Å². The Labute approximate surface area is 437 Å². The molecule has 28 unspecified atom stereocenters. The highest BCUT2D eigenvalue weighted by molar-refractivity contribution is 5.79. The number of rotatable bonds is 11. The number of ether oxygens (including phenoxy) is 8. The van der Waals surface area contributed by atoms with Crippen LogP contribution in [0.4, 0.5) is 0 Å². The van der Waals surface area contributed by atoms with Crippen molar-refractivity contribution in [3.63, 3.8) is 0 Å². The molecule has 5 aliphatic carbocycles. The van der Waals surface area contributed by atoms with Crippen LogP contribution in [-0.2, 0) is 42.7 Å². The molecule has 8 fully saturated rings. The molecule has 28 atom stereocenters. The fraction of sp³-hybridized carbons (Fsp3) is 0.943. The van der Waals surface area contributed by atoms with Gasteiger partial charge in [0.25, 0.3) is 0 Å². The summed E-state index contributed by atoms with van der Waals surface area (Å²) in [5.74, 6) is -0.578. The number of aliphatic hydroxyl groups excluding tert-OH is 13. The summed E-state index contributed by atoms with van der Waals surface area (Å²) in [5.41, 5.74) is -1.45. The van der Waals surface area contributed by atoms with Crippen LogP contribution in [0.5, 0.6) is 0 Å². The van der Waals surface area contributed by atoms with Crippen molar-refractivity contribution >= 4 is 5.97 Å². The Kier molecular flexibility index (Phi) is 16.3. The molecule has 4 saturated heterocycles. The summed E-state index contributed by atoms with van der Waals surface area (Å²) in [6.07, 6.45) is -21.1. The van der Waals surface area contributed by atoms with Gasteiger partial charge in [0.1, 0.15) is 85.5 Å². The summed E-state index contributed by atoms with van der Waals surface area (Å²) in [7, 11) is 0. The quantitative estimate of drug-likeness (QED) is 0.0643. The normalized spacial score (nSPS) is 54.8. The summed E-state index contributed by atoms with van der Waals surface area (Å²) in [4.78, 5) is 14.7. The molecule has 4 heterocycles. The molecule has 22 heteroatoms. The lowest BCUT2D eigenvalue weighted by Gasteiger charge is -2.71. The summed E-state index contributed by atoms with van der Waals surface area (Å²) in [6.45, 7) is 13.0. The van der Waals surface area contributed by atoms with Crippen molar-refractivity contribution in [3.8, 4) is 0 Å². The second kappa shape index (κ2) is 21.1. The van der Waals surface area contributed by atoms with Gasteiger partial charge in [0.2, 0.25) is 6.29 Å². The number of aliphatic hydroxyl groups is 13. The van der Waals surface area contributed by atoms with E-state index in [4.69, 9.17) is 37.9 Å². The number of fused-ring (bicyclic) bond motifs is 7. The molecule has 0 radical (unpaired) electrons. The molecule has 13 N–H and O–H groups in total. The first-order chi connectivity index (χ1) is 35.2. The van der Waals surface area contributed by atoms with E-state index in [-0.39, 0.29) is 52.6 Å². The van der Waals surface area contributed by atoms with Crippen LogP contribution in [-0.4, -0.2) is 222 Å². The lowest BCUT2D eigenvalue weighted by molar-refractivity contribution is -0.382. The minimum atomic E-state index is -1.81. The Bertz CT molecular complexity index is 2060. The molecule has 9 rings (SSSR count). The summed E-state index contributed by atoms with van der Waals surface area (Å²) in [5, 5.41) is 139. The van der Waals surface area contributed by atoms with Crippen LogP contribution < -0.4 is 0 Å². The molecule has 75 heavy (non-hydrogen) atoms. The van der Waals surface area contributed by atoms with E-state index in [1.165, 1.54) is 12.5 Å². The zero-order chi connectivity index (χ0) is 54.7. The molecule has 9 aliphatic rings. The second-order valence-corrected chi connectivity index (χ2v) is 25.6. The van der Waals surface area contributed by atoms with E-state index >= 15 is 0 Å². The first-order valence-electron chi connectivity index (χ1n) is 27.3. The largest absolute Gasteiger partial charge is 0.432 e. The minimum absolute atomic E-state index is 0.0439. The molecular formula is C53H86O22. The highest BCUT2D eigenvalue weighted by atomic mass is 16.8. The molecule has 22 nitrogen and oxygen atoms in total. The van der Waals surface area contributed by atoms with Gasteiger partial charge in [-0.05, 0) is 111 Å². The van der Waals surface area contributed by atoms with Crippen LogP contribution in [0, 0.1) is 50.2 Å². The van der Waals surface area contributed by atoms with Gasteiger partial charge in [-0.2, -0.15) is 0 Å². The Balaban J connectivity index is 0.899. The Morgan fingerprint density at radius 2 is 1.23 bits per heavy atom. The predicted molar refractivity (Wildman–Crippen MR) is 257 cm³/mol. The van der Waals surface area contributed by atoms with Crippen LogP contribution in [0.25, 0.3) is 0 Å². The molecule has 0 bridgehead atoms. The fourth-order valence-electron chi connectivity index (χ4n) is 16.2. The molecule has 0 aromatic carbocycles. The third-order valence-electron chi connectivity index (χ3n) is 21.2. The Morgan fingerprint density at radius 3 is 1.89 bits per heavy atom. The van der Waals surface area contributed by atoms with E-state index in [1.54, 1.807) is 0 Å². The SMILES string of the molecule is CC1OC(OC2C(OC3COC(OC4CCC5(C)C(CCC6(C)C5CC=C5C7CC(C)(C)CCC7(C(=O)OC7OC(CO)C(O)C(O)C7O)CCC56C)C4(C)CO)C(O)C3O)OC(CO)C(O)C2O)C(O)C(O)C1O. The van der Waals surface area contributed by atoms with E-state index in [0.717, 1.165) is 38.5 Å². The number of esters is 1. The van der Waals surface area contributed by atoms with Gasteiger partial charge >= 0.3 is 5.97 Å². The van der Waals surface area contributed by atoms with Gasteiger partial charge in [0, 0.05) is 5.41 Å². The van der Waals surface area contributed by atoms with Crippen LogP contribution >= 0.6 is 0 Å². The maximum absolute atomic E-state index is 14.7.